The zero-order valence-electron chi connectivity index (χ0n) is 16.1. The van der Waals surface area contributed by atoms with Gasteiger partial charge in [0.15, 0.2) is 0 Å². The molecule has 2 unspecified atom stereocenters. The van der Waals surface area contributed by atoms with Gasteiger partial charge in [0, 0.05) is 17.0 Å². The number of hydrogen-bond donors (Lipinski definition) is 2. The van der Waals surface area contributed by atoms with E-state index >= 15 is 0 Å². The van der Waals surface area contributed by atoms with E-state index in [2.05, 4.69) is 17.6 Å². The Morgan fingerprint density at radius 2 is 2.11 bits per heavy atom. The lowest BCUT2D eigenvalue weighted by Crippen LogP contribution is -2.30. The van der Waals surface area contributed by atoms with Crippen molar-refractivity contribution in [3.05, 3.63) is 56.9 Å². The third kappa shape index (κ3) is 2.39. The maximum absolute atomic E-state index is 12.7. The molecule has 0 fully saturated rings. The van der Waals surface area contributed by atoms with Gasteiger partial charge in [-0.05, 0) is 49.3 Å². The van der Waals surface area contributed by atoms with Gasteiger partial charge < -0.3 is 15.4 Å². The SMILES string of the molecule is COC(=O)C1=C(C)Nc2nc3c(c4c2C1c1cccc(Cl)c1N4)CC(C)CC3. The second-order valence-corrected chi connectivity index (χ2v) is 8.35. The number of para-hydroxylation sites is 1. The van der Waals surface area contributed by atoms with Gasteiger partial charge in [-0.3, -0.25) is 0 Å². The Hall–Kier alpha value is -2.53. The van der Waals surface area contributed by atoms with Gasteiger partial charge in [-0.1, -0.05) is 30.7 Å². The van der Waals surface area contributed by atoms with E-state index in [1.54, 1.807) is 0 Å². The average Bonchev–Trinajstić information content (AvgIpc) is 2.68. The minimum absolute atomic E-state index is 0.247. The third-order valence-corrected chi connectivity index (χ3v) is 6.46. The number of nitrogens with zero attached hydrogens (tertiary/aromatic N) is 1. The first kappa shape index (κ1) is 17.6. The number of hydrogen-bond acceptors (Lipinski definition) is 5. The van der Waals surface area contributed by atoms with Gasteiger partial charge in [0.2, 0.25) is 0 Å². The van der Waals surface area contributed by atoms with Crippen LogP contribution in [0.25, 0.3) is 0 Å². The normalized spacial score (nSPS) is 21.7. The van der Waals surface area contributed by atoms with Crippen LogP contribution < -0.4 is 10.6 Å². The molecule has 2 N–H and O–H groups in total. The highest BCUT2D eigenvalue weighted by Crippen LogP contribution is 2.54. The summed E-state index contributed by atoms with van der Waals surface area (Å²) in [5.74, 6) is 0.858. The summed E-state index contributed by atoms with van der Waals surface area (Å²) < 4.78 is 5.14. The van der Waals surface area contributed by atoms with Crippen LogP contribution in [0.15, 0.2) is 29.5 Å². The van der Waals surface area contributed by atoms with Crippen molar-refractivity contribution in [2.24, 2.45) is 5.92 Å². The number of rotatable bonds is 1. The molecule has 3 heterocycles. The van der Waals surface area contributed by atoms with Gasteiger partial charge >= 0.3 is 5.97 Å². The van der Waals surface area contributed by atoms with E-state index in [0.29, 0.717) is 16.5 Å². The standard InChI is InChI=1S/C22H22ClN3O2/c1-10-7-8-15-13(9-10)20-18-17(12-5-4-6-14(23)19(12)26-20)16(22(27)28-3)11(2)24-21(18)25-15/h4-6,10,17,26H,7-9H2,1-3H3,(H,24,25). The second kappa shape index (κ2) is 6.24. The number of aromatic nitrogens is 1. The number of carbonyl (C=O) groups is 1. The first-order chi connectivity index (χ1) is 13.5. The molecule has 0 spiro atoms. The minimum atomic E-state index is -0.328. The van der Waals surface area contributed by atoms with Gasteiger partial charge in [0.05, 0.1) is 35.0 Å². The van der Waals surface area contributed by atoms with Crippen molar-refractivity contribution < 1.29 is 9.53 Å². The zero-order valence-corrected chi connectivity index (χ0v) is 16.9. The number of fused-ring (bicyclic) bond motifs is 4. The molecular weight excluding hydrogens is 374 g/mol. The molecule has 0 saturated carbocycles. The Labute approximate surface area is 169 Å². The zero-order chi connectivity index (χ0) is 19.6. The highest BCUT2D eigenvalue weighted by molar-refractivity contribution is 6.33. The average molecular weight is 396 g/mol. The fraction of sp³-hybridized carbons (Fsp3) is 0.364. The number of anilines is 3. The number of halogens is 1. The molecule has 1 aromatic carbocycles. The molecule has 0 amide bonds. The Balaban J connectivity index is 1.83. The molecule has 1 aliphatic carbocycles. The topological polar surface area (TPSA) is 63.2 Å². The monoisotopic (exact) mass is 395 g/mol. The van der Waals surface area contributed by atoms with Crippen LogP contribution in [0.1, 0.15) is 48.6 Å². The number of allylic oxidation sites excluding steroid dienone is 1. The summed E-state index contributed by atoms with van der Waals surface area (Å²) in [6.07, 6.45) is 3.08. The molecule has 1 aromatic heterocycles. The first-order valence-corrected chi connectivity index (χ1v) is 10.0. The van der Waals surface area contributed by atoms with Crippen molar-refractivity contribution in [2.75, 3.05) is 17.7 Å². The molecular formula is C22H22ClN3O2. The highest BCUT2D eigenvalue weighted by Gasteiger charge is 2.41. The predicted molar refractivity (Wildman–Crippen MR) is 110 cm³/mol. The molecule has 144 valence electrons. The molecule has 28 heavy (non-hydrogen) atoms. The molecule has 5 nitrogen and oxygen atoms in total. The number of esters is 1. The quantitative estimate of drug-likeness (QED) is 0.671. The largest absolute Gasteiger partial charge is 0.466 e. The van der Waals surface area contributed by atoms with Crippen LogP contribution in [-0.4, -0.2) is 18.1 Å². The van der Waals surface area contributed by atoms with Crippen molar-refractivity contribution in [3.8, 4) is 0 Å². The molecule has 5 rings (SSSR count). The highest BCUT2D eigenvalue weighted by atomic mass is 35.5. The van der Waals surface area contributed by atoms with Gasteiger partial charge in [-0.15, -0.1) is 0 Å². The van der Waals surface area contributed by atoms with E-state index in [9.17, 15) is 4.79 Å². The smallest absolute Gasteiger partial charge is 0.336 e. The summed E-state index contributed by atoms with van der Waals surface area (Å²) in [6, 6.07) is 5.83. The molecule has 0 radical (unpaired) electrons. The Kier molecular flexibility index (Phi) is 3.91. The molecule has 6 heteroatoms. The summed E-state index contributed by atoms with van der Waals surface area (Å²) in [5.41, 5.74) is 7.70. The second-order valence-electron chi connectivity index (χ2n) is 7.94. The van der Waals surface area contributed by atoms with Crippen LogP contribution in [0, 0.1) is 5.92 Å². The van der Waals surface area contributed by atoms with Gasteiger partial charge in [0.25, 0.3) is 0 Å². The van der Waals surface area contributed by atoms with E-state index < -0.39 is 0 Å². The van der Waals surface area contributed by atoms with E-state index in [4.69, 9.17) is 21.3 Å². The summed E-state index contributed by atoms with van der Waals surface area (Å²) in [6.45, 7) is 4.18. The number of benzene rings is 1. The number of pyridine rings is 1. The van der Waals surface area contributed by atoms with Crippen LogP contribution in [0.3, 0.4) is 0 Å². The van der Waals surface area contributed by atoms with E-state index in [-0.39, 0.29) is 11.9 Å². The lowest BCUT2D eigenvalue weighted by molar-refractivity contribution is -0.136. The van der Waals surface area contributed by atoms with Crippen LogP contribution in [0.4, 0.5) is 17.2 Å². The molecule has 0 bridgehead atoms. The summed E-state index contributed by atoms with van der Waals surface area (Å²) in [4.78, 5) is 17.7. The minimum Gasteiger partial charge on any atom is -0.466 e. The Bertz CT molecular complexity index is 1060. The molecule has 2 atom stereocenters. The molecule has 2 aliphatic heterocycles. The number of aryl methyl sites for hydroxylation is 1. The molecule has 2 aromatic rings. The van der Waals surface area contributed by atoms with E-state index in [0.717, 1.165) is 59.0 Å². The third-order valence-electron chi connectivity index (χ3n) is 6.15. The first-order valence-electron chi connectivity index (χ1n) is 9.66. The fourth-order valence-corrected chi connectivity index (χ4v) is 5.03. The number of methoxy groups -OCH3 is 1. The van der Waals surface area contributed by atoms with Crippen LogP contribution >= 0.6 is 11.6 Å². The lowest BCUT2D eigenvalue weighted by Gasteiger charge is -2.38. The van der Waals surface area contributed by atoms with Crippen LogP contribution in [0.5, 0.6) is 0 Å². The van der Waals surface area contributed by atoms with Gasteiger partial charge in [-0.2, -0.15) is 0 Å². The van der Waals surface area contributed by atoms with Crippen LogP contribution in [-0.2, 0) is 22.4 Å². The predicted octanol–water partition coefficient (Wildman–Crippen LogP) is 4.92. The number of carbonyl (C=O) groups excluding carboxylic acids is 1. The lowest BCUT2D eigenvalue weighted by atomic mass is 9.75. The van der Waals surface area contributed by atoms with Crippen molar-refractivity contribution in [1.29, 1.82) is 0 Å². The Morgan fingerprint density at radius 3 is 2.89 bits per heavy atom. The summed E-state index contributed by atoms with van der Waals surface area (Å²) in [5, 5.41) is 7.62. The van der Waals surface area contributed by atoms with Crippen LogP contribution in [0.2, 0.25) is 5.02 Å². The summed E-state index contributed by atoms with van der Waals surface area (Å²) in [7, 11) is 1.42. The summed E-state index contributed by atoms with van der Waals surface area (Å²) >= 11 is 6.57. The van der Waals surface area contributed by atoms with Crippen molar-refractivity contribution in [2.45, 2.75) is 39.0 Å². The van der Waals surface area contributed by atoms with E-state index in [1.165, 1.54) is 12.7 Å². The van der Waals surface area contributed by atoms with Gasteiger partial charge in [-0.25, -0.2) is 9.78 Å². The van der Waals surface area contributed by atoms with Crippen molar-refractivity contribution >= 4 is 34.8 Å². The molecule has 0 saturated heterocycles. The van der Waals surface area contributed by atoms with Crippen molar-refractivity contribution in [1.82, 2.24) is 4.98 Å². The van der Waals surface area contributed by atoms with Crippen molar-refractivity contribution in [3.63, 3.8) is 0 Å². The fourth-order valence-electron chi connectivity index (χ4n) is 4.80. The maximum atomic E-state index is 12.7. The van der Waals surface area contributed by atoms with E-state index in [1.807, 2.05) is 25.1 Å². The maximum Gasteiger partial charge on any atom is 0.336 e. The number of nitrogens with one attached hydrogen (secondary N) is 2. The Morgan fingerprint density at radius 1 is 1.29 bits per heavy atom. The molecule has 3 aliphatic rings. The number of ether oxygens (including phenoxy) is 1. The van der Waals surface area contributed by atoms with Gasteiger partial charge in [0.1, 0.15) is 5.82 Å².